The molecule has 9 heteroatoms. The lowest BCUT2D eigenvalue weighted by Crippen LogP contribution is -2.59. The van der Waals surface area contributed by atoms with Crippen LogP contribution in [0.1, 0.15) is 123 Å². The Hall–Kier alpha value is -2.63. The minimum absolute atomic E-state index is 0.116. The first-order valence-corrected chi connectivity index (χ1v) is 20.2. The van der Waals surface area contributed by atoms with Crippen molar-refractivity contribution in [2.45, 2.75) is 160 Å². The van der Waals surface area contributed by atoms with Gasteiger partial charge in [0.15, 0.2) is 6.29 Å². The highest BCUT2D eigenvalue weighted by Gasteiger charge is 2.44. The van der Waals surface area contributed by atoms with E-state index >= 15 is 0 Å². The van der Waals surface area contributed by atoms with Gasteiger partial charge in [-0.15, -0.1) is 0 Å². The van der Waals surface area contributed by atoms with Gasteiger partial charge in [0.2, 0.25) is 0 Å². The first kappa shape index (κ1) is 48.4. The molecule has 1 fully saturated rings. The van der Waals surface area contributed by atoms with Crippen molar-refractivity contribution in [2.75, 3.05) is 26.4 Å². The third kappa shape index (κ3) is 26.7. The zero-order valence-corrected chi connectivity index (χ0v) is 32.7. The fourth-order valence-electron chi connectivity index (χ4n) is 5.42. The second kappa shape index (κ2) is 35.1. The summed E-state index contributed by atoms with van der Waals surface area (Å²) in [5, 5.41) is 39.9. The second-order valence-electron chi connectivity index (χ2n) is 13.4. The van der Waals surface area contributed by atoms with Gasteiger partial charge in [0.1, 0.15) is 30.5 Å². The summed E-state index contributed by atoms with van der Waals surface area (Å²) >= 11 is 0. The van der Waals surface area contributed by atoms with E-state index in [0.29, 0.717) is 13.0 Å². The summed E-state index contributed by atoms with van der Waals surface area (Å²) in [7, 11) is 0. The van der Waals surface area contributed by atoms with Crippen LogP contribution < -0.4 is 0 Å². The highest BCUT2D eigenvalue weighted by Crippen LogP contribution is 2.22. The van der Waals surface area contributed by atoms with E-state index in [1.807, 2.05) is 0 Å². The van der Waals surface area contributed by atoms with Crippen molar-refractivity contribution in [3.05, 3.63) is 85.1 Å². The summed E-state index contributed by atoms with van der Waals surface area (Å²) in [6.07, 6.45) is 39.2. The van der Waals surface area contributed by atoms with Crippen molar-refractivity contribution in [3.63, 3.8) is 0 Å². The van der Waals surface area contributed by atoms with E-state index in [2.05, 4.69) is 98.9 Å². The van der Waals surface area contributed by atoms with Crippen LogP contribution in [0.4, 0.5) is 0 Å². The van der Waals surface area contributed by atoms with E-state index in [4.69, 9.17) is 18.9 Å². The minimum atomic E-state index is -1.55. The molecule has 1 rings (SSSR count). The molecule has 1 aliphatic rings. The second-order valence-corrected chi connectivity index (χ2v) is 13.4. The SMILES string of the molecule is CC/C=C\C/C=C\C/C=C\C/C=C\C/C=C\C/C=C\C/C=C\CCCC(=O)OC(COCCCCCCCCC)COC1OC(CO)C(O)C(O)C1O. The average Bonchev–Trinajstić information content (AvgIpc) is 3.16. The molecule has 0 bridgehead atoms. The number of rotatable bonds is 32. The lowest BCUT2D eigenvalue weighted by atomic mass is 9.99. The summed E-state index contributed by atoms with van der Waals surface area (Å²) in [6.45, 7) is 4.30. The Morgan fingerprint density at radius 3 is 1.66 bits per heavy atom. The van der Waals surface area contributed by atoms with Crippen LogP contribution in [-0.4, -0.2) is 89.6 Å². The van der Waals surface area contributed by atoms with Gasteiger partial charge in [-0.25, -0.2) is 0 Å². The maximum absolute atomic E-state index is 12.7. The fourth-order valence-corrected chi connectivity index (χ4v) is 5.42. The maximum atomic E-state index is 12.7. The molecule has 0 aromatic carbocycles. The van der Waals surface area contributed by atoms with Gasteiger partial charge in [0.05, 0.1) is 19.8 Å². The number of carbonyl (C=O) groups excluding carboxylic acids is 1. The topological polar surface area (TPSA) is 135 Å². The smallest absolute Gasteiger partial charge is 0.306 e. The number of esters is 1. The van der Waals surface area contributed by atoms with Crippen LogP contribution in [-0.2, 0) is 23.7 Å². The molecule has 302 valence electrons. The molecule has 0 amide bonds. The zero-order valence-electron chi connectivity index (χ0n) is 32.7. The van der Waals surface area contributed by atoms with E-state index in [1.165, 1.54) is 25.7 Å². The van der Waals surface area contributed by atoms with Crippen molar-refractivity contribution in [3.8, 4) is 0 Å². The summed E-state index contributed by atoms with van der Waals surface area (Å²) in [6, 6.07) is 0. The van der Waals surface area contributed by atoms with Crippen LogP contribution in [0, 0.1) is 0 Å². The van der Waals surface area contributed by atoms with Gasteiger partial charge in [0.25, 0.3) is 0 Å². The predicted molar refractivity (Wildman–Crippen MR) is 214 cm³/mol. The number of carbonyl (C=O) groups is 1. The van der Waals surface area contributed by atoms with Crippen LogP contribution >= 0.6 is 0 Å². The Bertz CT molecular complexity index is 1070. The van der Waals surface area contributed by atoms with Crippen LogP contribution in [0.3, 0.4) is 0 Å². The van der Waals surface area contributed by atoms with Gasteiger partial charge in [-0.3, -0.25) is 4.79 Å². The molecule has 0 aromatic rings. The Labute approximate surface area is 320 Å². The third-order valence-corrected chi connectivity index (χ3v) is 8.58. The highest BCUT2D eigenvalue weighted by molar-refractivity contribution is 5.69. The lowest BCUT2D eigenvalue weighted by Gasteiger charge is -2.39. The zero-order chi connectivity index (χ0) is 38.6. The molecule has 0 saturated carbocycles. The molecule has 6 unspecified atom stereocenters. The molecule has 53 heavy (non-hydrogen) atoms. The standard InChI is InChI=1S/C44H72O9/c1-3-5-7-9-11-12-13-14-15-16-17-18-19-20-21-22-23-24-25-26-27-29-31-33-40(46)52-38(36-50-34-32-30-28-10-8-6-4-2)37-51-44-43(49)42(48)41(47)39(35-45)53-44/h5,7,11-12,14-15,17-18,20-21,23-24,26-27,38-39,41-45,47-49H,3-4,6,8-10,13,16,19,22,25,28-37H2,1-2H3/b7-5-,12-11-,15-14-,18-17-,21-20-,24-23-,27-26-. The van der Waals surface area contributed by atoms with Crippen LogP contribution in [0.2, 0.25) is 0 Å². The van der Waals surface area contributed by atoms with Crippen LogP contribution in [0.5, 0.6) is 0 Å². The first-order valence-electron chi connectivity index (χ1n) is 20.2. The molecule has 1 saturated heterocycles. The van der Waals surface area contributed by atoms with Crippen LogP contribution in [0.25, 0.3) is 0 Å². The van der Waals surface area contributed by atoms with Crippen LogP contribution in [0.15, 0.2) is 85.1 Å². The number of aliphatic hydroxyl groups is 4. The average molecular weight is 745 g/mol. The first-order chi connectivity index (χ1) is 25.9. The minimum Gasteiger partial charge on any atom is -0.457 e. The van der Waals surface area contributed by atoms with Crippen molar-refractivity contribution >= 4 is 5.97 Å². The van der Waals surface area contributed by atoms with Gasteiger partial charge in [-0.05, 0) is 64.2 Å². The Kier molecular flexibility index (Phi) is 32.0. The molecule has 0 radical (unpaired) electrons. The van der Waals surface area contributed by atoms with Crippen molar-refractivity contribution in [2.24, 2.45) is 0 Å². The largest absolute Gasteiger partial charge is 0.457 e. The van der Waals surface area contributed by atoms with Gasteiger partial charge < -0.3 is 39.4 Å². The molecule has 1 heterocycles. The molecule has 0 aliphatic carbocycles. The van der Waals surface area contributed by atoms with E-state index in [0.717, 1.165) is 70.6 Å². The van der Waals surface area contributed by atoms with E-state index < -0.39 is 43.4 Å². The molecular weight excluding hydrogens is 672 g/mol. The fraction of sp³-hybridized carbons (Fsp3) is 0.659. The molecule has 1 aliphatic heterocycles. The number of unbranched alkanes of at least 4 members (excludes halogenated alkanes) is 7. The van der Waals surface area contributed by atoms with Gasteiger partial charge >= 0.3 is 5.97 Å². The number of hydrogen-bond donors (Lipinski definition) is 4. The Balaban J connectivity index is 2.31. The van der Waals surface area contributed by atoms with E-state index in [1.54, 1.807) is 0 Å². The monoisotopic (exact) mass is 745 g/mol. The summed E-state index contributed by atoms with van der Waals surface area (Å²) in [5.41, 5.74) is 0. The molecule has 0 aromatic heterocycles. The number of ether oxygens (including phenoxy) is 4. The summed E-state index contributed by atoms with van der Waals surface area (Å²) in [5.74, 6) is -0.378. The molecule has 9 nitrogen and oxygen atoms in total. The van der Waals surface area contributed by atoms with E-state index in [9.17, 15) is 25.2 Å². The summed E-state index contributed by atoms with van der Waals surface area (Å²) < 4.78 is 22.6. The van der Waals surface area contributed by atoms with Gasteiger partial charge in [0, 0.05) is 13.0 Å². The lowest BCUT2D eigenvalue weighted by molar-refractivity contribution is -0.305. The number of aliphatic hydroxyl groups excluding tert-OH is 4. The number of hydrogen-bond acceptors (Lipinski definition) is 9. The normalized spacial score (nSPS) is 22.0. The quantitative estimate of drug-likeness (QED) is 0.0305. The predicted octanol–water partition coefficient (Wildman–Crippen LogP) is 8.30. The maximum Gasteiger partial charge on any atom is 0.306 e. The molecule has 6 atom stereocenters. The highest BCUT2D eigenvalue weighted by atomic mass is 16.7. The molecule has 4 N–H and O–H groups in total. The van der Waals surface area contributed by atoms with Gasteiger partial charge in [-0.2, -0.15) is 0 Å². The van der Waals surface area contributed by atoms with Gasteiger partial charge in [-0.1, -0.05) is 137 Å². The van der Waals surface area contributed by atoms with Crippen molar-refractivity contribution in [1.82, 2.24) is 0 Å². The molecular formula is C44H72O9. The third-order valence-electron chi connectivity index (χ3n) is 8.58. The Morgan fingerprint density at radius 2 is 1.13 bits per heavy atom. The number of allylic oxidation sites excluding steroid dienone is 14. The van der Waals surface area contributed by atoms with Crippen molar-refractivity contribution < 1.29 is 44.2 Å². The van der Waals surface area contributed by atoms with E-state index in [-0.39, 0.29) is 25.6 Å². The molecule has 0 spiro atoms. The summed E-state index contributed by atoms with van der Waals surface area (Å²) in [4.78, 5) is 12.7. The Morgan fingerprint density at radius 1 is 0.623 bits per heavy atom. The van der Waals surface area contributed by atoms with Crippen molar-refractivity contribution in [1.29, 1.82) is 0 Å².